The Morgan fingerprint density at radius 3 is 2.93 bits per heavy atom. The standard InChI is InChI=1S/C10H13N3OS/c1-7-3-9(13(2)12-7)10(14)4-8-5-11-6-15-8/h3,5-6,10,14H,4H2,1-2H3. The average molecular weight is 223 g/mol. The van der Waals surface area contributed by atoms with Gasteiger partial charge in [-0.05, 0) is 13.0 Å². The third-order valence-corrected chi connectivity index (χ3v) is 3.06. The Morgan fingerprint density at radius 2 is 2.40 bits per heavy atom. The van der Waals surface area contributed by atoms with Crippen LogP contribution in [0.15, 0.2) is 17.8 Å². The van der Waals surface area contributed by atoms with Crippen molar-refractivity contribution >= 4 is 11.3 Å². The molecule has 1 N–H and O–H groups in total. The molecule has 2 heterocycles. The molecule has 0 spiro atoms. The van der Waals surface area contributed by atoms with E-state index < -0.39 is 6.10 Å². The molecule has 2 aromatic heterocycles. The van der Waals surface area contributed by atoms with Gasteiger partial charge in [0.05, 0.1) is 16.9 Å². The zero-order valence-corrected chi connectivity index (χ0v) is 9.53. The second-order valence-corrected chi connectivity index (χ2v) is 4.49. The third kappa shape index (κ3) is 2.24. The van der Waals surface area contributed by atoms with E-state index in [-0.39, 0.29) is 0 Å². The summed E-state index contributed by atoms with van der Waals surface area (Å²) in [6, 6.07) is 1.91. The molecule has 15 heavy (non-hydrogen) atoms. The van der Waals surface area contributed by atoms with Crippen molar-refractivity contribution in [3.8, 4) is 0 Å². The van der Waals surface area contributed by atoms with Crippen LogP contribution in [0.1, 0.15) is 22.4 Å². The van der Waals surface area contributed by atoms with Crippen molar-refractivity contribution in [3.63, 3.8) is 0 Å². The fourth-order valence-corrected chi connectivity index (χ4v) is 2.21. The summed E-state index contributed by atoms with van der Waals surface area (Å²) in [7, 11) is 1.85. The molecule has 0 aliphatic carbocycles. The van der Waals surface area contributed by atoms with Gasteiger partial charge in [-0.25, -0.2) is 0 Å². The van der Waals surface area contributed by atoms with E-state index in [2.05, 4.69) is 10.1 Å². The van der Waals surface area contributed by atoms with Gasteiger partial charge in [0.15, 0.2) is 0 Å². The highest BCUT2D eigenvalue weighted by molar-refractivity contribution is 7.09. The van der Waals surface area contributed by atoms with Crippen molar-refractivity contribution in [2.45, 2.75) is 19.4 Å². The van der Waals surface area contributed by atoms with Gasteiger partial charge in [0, 0.05) is 24.5 Å². The van der Waals surface area contributed by atoms with Gasteiger partial charge in [-0.3, -0.25) is 9.67 Å². The fourth-order valence-electron chi connectivity index (χ4n) is 1.58. The lowest BCUT2D eigenvalue weighted by atomic mass is 10.1. The molecule has 0 fully saturated rings. The second-order valence-electron chi connectivity index (χ2n) is 3.52. The number of thiazole rings is 1. The zero-order valence-electron chi connectivity index (χ0n) is 8.71. The van der Waals surface area contributed by atoms with Crippen LogP contribution in [-0.4, -0.2) is 19.9 Å². The molecule has 1 unspecified atom stereocenters. The minimum Gasteiger partial charge on any atom is -0.386 e. The van der Waals surface area contributed by atoms with Crippen LogP contribution >= 0.6 is 11.3 Å². The lowest BCUT2D eigenvalue weighted by Crippen LogP contribution is -2.07. The van der Waals surface area contributed by atoms with Gasteiger partial charge in [-0.15, -0.1) is 11.3 Å². The molecule has 0 aliphatic heterocycles. The topological polar surface area (TPSA) is 50.9 Å². The number of rotatable bonds is 3. The smallest absolute Gasteiger partial charge is 0.100 e. The largest absolute Gasteiger partial charge is 0.386 e. The lowest BCUT2D eigenvalue weighted by molar-refractivity contribution is 0.169. The monoisotopic (exact) mass is 223 g/mol. The highest BCUT2D eigenvalue weighted by atomic mass is 32.1. The van der Waals surface area contributed by atoms with Crippen molar-refractivity contribution in [1.82, 2.24) is 14.8 Å². The quantitative estimate of drug-likeness (QED) is 0.857. The van der Waals surface area contributed by atoms with Crippen molar-refractivity contribution in [2.24, 2.45) is 7.05 Å². The number of hydrogen-bond acceptors (Lipinski definition) is 4. The molecular weight excluding hydrogens is 210 g/mol. The molecule has 2 aromatic rings. The van der Waals surface area contributed by atoms with Crippen LogP contribution in [0.4, 0.5) is 0 Å². The van der Waals surface area contributed by atoms with E-state index in [0.717, 1.165) is 16.3 Å². The van der Waals surface area contributed by atoms with Gasteiger partial charge in [0.25, 0.3) is 0 Å². The Morgan fingerprint density at radius 1 is 1.60 bits per heavy atom. The summed E-state index contributed by atoms with van der Waals surface area (Å²) >= 11 is 1.56. The first-order valence-electron chi connectivity index (χ1n) is 4.73. The van der Waals surface area contributed by atoms with Gasteiger partial charge < -0.3 is 5.11 Å². The molecule has 1 atom stereocenters. The van der Waals surface area contributed by atoms with Gasteiger partial charge in [0.2, 0.25) is 0 Å². The Labute approximate surface area is 92.2 Å². The third-order valence-electron chi connectivity index (χ3n) is 2.26. The first kappa shape index (κ1) is 10.3. The normalized spacial score (nSPS) is 13.0. The van der Waals surface area contributed by atoms with E-state index in [1.54, 1.807) is 27.7 Å². The van der Waals surface area contributed by atoms with Gasteiger partial charge in [-0.2, -0.15) is 5.10 Å². The molecule has 0 aliphatic rings. The second kappa shape index (κ2) is 4.12. The SMILES string of the molecule is Cc1cc(C(O)Cc2cncs2)n(C)n1. The molecule has 0 radical (unpaired) electrons. The van der Waals surface area contributed by atoms with Crippen LogP contribution in [-0.2, 0) is 13.5 Å². The van der Waals surface area contributed by atoms with Crippen LogP contribution in [0, 0.1) is 6.92 Å². The minimum atomic E-state index is -0.503. The zero-order chi connectivity index (χ0) is 10.8. The first-order valence-corrected chi connectivity index (χ1v) is 5.61. The fraction of sp³-hybridized carbons (Fsp3) is 0.400. The van der Waals surface area contributed by atoms with Crippen molar-refractivity contribution < 1.29 is 5.11 Å². The van der Waals surface area contributed by atoms with Crippen LogP contribution in [0.3, 0.4) is 0 Å². The Bertz CT molecular complexity index is 435. The molecule has 0 amide bonds. The maximum absolute atomic E-state index is 10.0. The maximum Gasteiger partial charge on any atom is 0.100 e. The summed E-state index contributed by atoms with van der Waals surface area (Å²) in [5, 5.41) is 14.2. The highest BCUT2D eigenvalue weighted by Crippen LogP contribution is 2.20. The van der Waals surface area contributed by atoms with Crippen LogP contribution in [0.5, 0.6) is 0 Å². The molecule has 0 aromatic carbocycles. The van der Waals surface area contributed by atoms with E-state index in [1.165, 1.54) is 0 Å². The molecule has 5 heteroatoms. The van der Waals surface area contributed by atoms with E-state index in [4.69, 9.17) is 0 Å². The number of aryl methyl sites for hydroxylation is 2. The average Bonchev–Trinajstić information content (AvgIpc) is 2.75. The molecule has 0 saturated carbocycles. The summed E-state index contributed by atoms with van der Waals surface area (Å²) < 4.78 is 1.72. The summed E-state index contributed by atoms with van der Waals surface area (Å²) in [6.45, 7) is 1.92. The number of aliphatic hydroxyl groups excluding tert-OH is 1. The molecule has 0 saturated heterocycles. The van der Waals surface area contributed by atoms with E-state index >= 15 is 0 Å². The molecule has 2 rings (SSSR count). The number of nitrogens with zero attached hydrogens (tertiary/aromatic N) is 3. The van der Waals surface area contributed by atoms with Crippen molar-refractivity contribution in [1.29, 1.82) is 0 Å². The lowest BCUT2D eigenvalue weighted by Gasteiger charge is -2.08. The predicted octanol–water partition coefficient (Wildman–Crippen LogP) is 1.46. The number of hydrogen-bond donors (Lipinski definition) is 1. The Balaban J connectivity index is 2.14. The van der Waals surface area contributed by atoms with Crippen LogP contribution in [0.2, 0.25) is 0 Å². The van der Waals surface area contributed by atoms with Crippen LogP contribution in [0.25, 0.3) is 0 Å². The van der Waals surface area contributed by atoms with Gasteiger partial charge in [0.1, 0.15) is 6.10 Å². The van der Waals surface area contributed by atoms with Crippen molar-refractivity contribution in [3.05, 3.63) is 34.0 Å². The Kier molecular flexibility index (Phi) is 2.83. The first-order chi connectivity index (χ1) is 7.16. The van der Waals surface area contributed by atoms with E-state index in [1.807, 2.05) is 20.0 Å². The molecule has 80 valence electrons. The summed E-state index contributed by atoms with van der Waals surface area (Å²) in [5.74, 6) is 0. The van der Waals surface area contributed by atoms with Gasteiger partial charge >= 0.3 is 0 Å². The molecule has 0 bridgehead atoms. The summed E-state index contributed by atoms with van der Waals surface area (Å²) in [4.78, 5) is 5.07. The molecule has 4 nitrogen and oxygen atoms in total. The minimum absolute atomic E-state index is 0.503. The number of aliphatic hydroxyl groups is 1. The van der Waals surface area contributed by atoms with E-state index in [9.17, 15) is 5.11 Å². The van der Waals surface area contributed by atoms with E-state index in [0.29, 0.717) is 6.42 Å². The molecular formula is C10H13N3OS. The Hall–Kier alpha value is -1.20. The number of aromatic nitrogens is 3. The summed E-state index contributed by atoms with van der Waals surface area (Å²) in [6.07, 6.45) is 1.89. The summed E-state index contributed by atoms with van der Waals surface area (Å²) in [5.41, 5.74) is 3.55. The van der Waals surface area contributed by atoms with Gasteiger partial charge in [-0.1, -0.05) is 0 Å². The highest BCUT2D eigenvalue weighted by Gasteiger charge is 2.14. The predicted molar refractivity (Wildman–Crippen MR) is 58.7 cm³/mol. The van der Waals surface area contributed by atoms with Crippen molar-refractivity contribution in [2.75, 3.05) is 0 Å². The maximum atomic E-state index is 10.0. The van der Waals surface area contributed by atoms with Crippen LogP contribution < -0.4 is 0 Å².